The molecule has 0 bridgehead atoms. The molecule has 8 nitrogen and oxygen atoms in total. The van der Waals surface area contributed by atoms with Gasteiger partial charge in [0.15, 0.2) is 5.76 Å². The average molecular weight is 336 g/mol. The van der Waals surface area contributed by atoms with E-state index in [1.165, 1.54) is 6.07 Å². The maximum Gasteiger partial charge on any atom is 0.338 e. The third-order valence-corrected chi connectivity index (χ3v) is 4.44. The van der Waals surface area contributed by atoms with Gasteiger partial charge in [-0.1, -0.05) is 0 Å². The SMILES string of the molecule is O=C(O)c1coc(C(=O)N2CCCC(C(=O)N3CCOCC3)C2)c1. The summed E-state index contributed by atoms with van der Waals surface area (Å²) in [4.78, 5) is 39.3. The Morgan fingerprint density at radius 3 is 2.54 bits per heavy atom. The van der Waals surface area contributed by atoms with Gasteiger partial charge >= 0.3 is 5.97 Å². The van der Waals surface area contributed by atoms with Crippen LogP contribution in [0, 0.1) is 5.92 Å². The molecule has 3 heterocycles. The number of nitrogens with zero attached hydrogens (tertiary/aromatic N) is 2. The third-order valence-electron chi connectivity index (χ3n) is 4.44. The first kappa shape index (κ1) is 16.5. The third kappa shape index (κ3) is 3.43. The monoisotopic (exact) mass is 336 g/mol. The molecule has 8 heteroatoms. The molecule has 1 aromatic rings. The highest BCUT2D eigenvalue weighted by atomic mass is 16.5. The van der Waals surface area contributed by atoms with E-state index in [9.17, 15) is 14.4 Å². The van der Waals surface area contributed by atoms with Crippen LogP contribution in [-0.2, 0) is 9.53 Å². The molecule has 2 aliphatic rings. The van der Waals surface area contributed by atoms with Crippen LogP contribution in [0.5, 0.6) is 0 Å². The molecular weight excluding hydrogens is 316 g/mol. The van der Waals surface area contributed by atoms with Crippen LogP contribution in [0.4, 0.5) is 0 Å². The quantitative estimate of drug-likeness (QED) is 0.871. The molecule has 3 rings (SSSR count). The highest BCUT2D eigenvalue weighted by molar-refractivity contribution is 5.95. The molecule has 0 spiro atoms. The van der Waals surface area contributed by atoms with Gasteiger partial charge in [0.25, 0.3) is 5.91 Å². The number of carbonyl (C=O) groups is 3. The number of hydrogen-bond acceptors (Lipinski definition) is 5. The van der Waals surface area contributed by atoms with E-state index in [0.717, 1.165) is 19.1 Å². The Bertz CT molecular complexity index is 634. The van der Waals surface area contributed by atoms with Crippen molar-refractivity contribution in [2.24, 2.45) is 5.92 Å². The fourth-order valence-electron chi connectivity index (χ4n) is 3.12. The Balaban J connectivity index is 1.64. The zero-order valence-corrected chi connectivity index (χ0v) is 13.3. The fourth-order valence-corrected chi connectivity index (χ4v) is 3.12. The van der Waals surface area contributed by atoms with Gasteiger partial charge in [-0.25, -0.2) is 4.79 Å². The molecule has 2 fully saturated rings. The predicted octanol–water partition coefficient (Wildman–Crippen LogP) is 0.689. The lowest BCUT2D eigenvalue weighted by molar-refractivity contribution is -0.141. The summed E-state index contributed by atoms with van der Waals surface area (Å²) in [7, 11) is 0. The number of rotatable bonds is 3. The van der Waals surface area contributed by atoms with Gasteiger partial charge in [0.05, 0.1) is 24.7 Å². The molecule has 0 aromatic carbocycles. The Morgan fingerprint density at radius 2 is 1.88 bits per heavy atom. The first-order valence-corrected chi connectivity index (χ1v) is 8.04. The number of carbonyl (C=O) groups excluding carboxylic acids is 2. The Hall–Kier alpha value is -2.35. The number of piperidine rings is 1. The van der Waals surface area contributed by atoms with Gasteiger partial charge in [-0.2, -0.15) is 0 Å². The Kier molecular flexibility index (Phi) is 4.84. The van der Waals surface area contributed by atoms with Gasteiger partial charge in [-0.15, -0.1) is 0 Å². The van der Waals surface area contributed by atoms with Crippen LogP contribution in [0.2, 0.25) is 0 Å². The van der Waals surface area contributed by atoms with Crippen LogP contribution in [0.15, 0.2) is 16.7 Å². The minimum Gasteiger partial charge on any atom is -0.478 e. The highest BCUT2D eigenvalue weighted by Gasteiger charge is 2.33. The standard InChI is InChI=1S/C16H20N2O6/c19-14(17-4-6-23-7-5-17)11-2-1-3-18(9-11)15(20)13-8-12(10-24-13)16(21)22/h8,10-11H,1-7,9H2,(H,21,22). The van der Waals surface area contributed by atoms with Crippen molar-refractivity contribution < 1.29 is 28.6 Å². The van der Waals surface area contributed by atoms with Gasteiger partial charge in [-0.05, 0) is 12.8 Å². The van der Waals surface area contributed by atoms with Crippen molar-refractivity contribution in [1.82, 2.24) is 9.80 Å². The molecule has 2 aliphatic heterocycles. The van der Waals surface area contributed by atoms with Crippen molar-refractivity contribution in [2.75, 3.05) is 39.4 Å². The van der Waals surface area contributed by atoms with Gasteiger partial charge < -0.3 is 24.1 Å². The van der Waals surface area contributed by atoms with E-state index in [1.807, 2.05) is 0 Å². The van der Waals surface area contributed by atoms with Crippen LogP contribution in [-0.4, -0.2) is 72.1 Å². The molecular formula is C16H20N2O6. The van der Waals surface area contributed by atoms with Crippen molar-refractivity contribution in [2.45, 2.75) is 12.8 Å². The Morgan fingerprint density at radius 1 is 1.12 bits per heavy atom. The van der Waals surface area contributed by atoms with Crippen molar-refractivity contribution >= 4 is 17.8 Å². The maximum atomic E-state index is 12.6. The predicted molar refractivity (Wildman–Crippen MR) is 81.7 cm³/mol. The van der Waals surface area contributed by atoms with Gasteiger partial charge in [-0.3, -0.25) is 9.59 Å². The fraction of sp³-hybridized carbons (Fsp3) is 0.562. The van der Waals surface area contributed by atoms with E-state index >= 15 is 0 Å². The molecule has 0 saturated carbocycles. The lowest BCUT2D eigenvalue weighted by Gasteiger charge is -2.35. The molecule has 1 atom stereocenters. The van der Waals surface area contributed by atoms with Crippen molar-refractivity contribution in [3.63, 3.8) is 0 Å². The van der Waals surface area contributed by atoms with Crippen LogP contribution in [0.1, 0.15) is 33.8 Å². The molecule has 24 heavy (non-hydrogen) atoms. The number of carboxylic acids is 1. The summed E-state index contributed by atoms with van der Waals surface area (Å²) in [6, 6.07) is 1.22. The van der Waals surface area contributed by atoms with Crippen LogP contribution >= 0.6 is 0 Å². The van der Waals surface area contributed by atoms with E-state index in [4.69, 9.17) is 14.3 Å². The summed E-state index contributed by atoms with van der Waals surface area (Å²) < 4.78 is 10.3. The van der Waals surface area contributed by atoms with Gasteiger partial charge in [0.1, 0.15) is 6.26 Å². The van der Waals surface area contributed by atoms with Crippen molar-refractivity contribution in [1.29, 1.82) is 0 Å². The van der Waals surface area contributed by atoms with Crippen LogP contribution in [0.25, 0.3) is 0 Å². The highest BCUT2D eigenvalue weighted by Crippen LogP contribution is 2.22. The minimum atomic E-state index is -1.14. The van der Waals surface area contributed by atoms with E-state index in [1.54, 1.807) is 9.80 Å². The second-order valence-electron chi connectivity index (χ2n) is 6.03. The molecule has 0 aliphatic carbocycles. The normalized spacial score (nSPS) is 21.6. The van der Waals surface area contributed by atoms with Crippen molar-refractivity contribution in [3.8, 4) is 0 Å². The number of ether oxygens (including phenoxy) is 1. The summed E-state index contributed by atoms with van der Waals surface area (Å²) in [5, 5.41) is 8.90. The molecule has 1 aromatic heterocycles. The van der Waals surface area contributed by atoms with Crippen molar-refractivity contribution in [3.05, 3.63) is 23.7 Å². The van der Waals surface area contributed by atoms with E-state index in [-0.39, 0.29) is 29.1 Å². The summed E-state index contributed by atoms with van der Waals surface area (Å²) in [5.41, 5.74) is -0.0590. The topological polar surface area (TPSA) is 100 Å². The summed E-state index contributed by atoms with van der Waals surface area (Å²) in [6.07, 6.45) is 2.54. The Labute approximate surface area is 139 Å². The lowest BCUT2D eigenvalue weighted by atomic mass is 9.96. The summed E-state index contributed by atoms with van der Waals surface area (Å²) >= 11 is 0. The molecule has 1 unspecified atom stereocenters. The number of morpholine rings is 1. The van der Waals surface area contributed by atoms with E-state index < -0.39 is 5.97 Å². The number of aromatic carboxylic acids is 1. The minimum absolute atomic E-state index is 0.00753. The number of hydrogen-bond donors (Lipinski definition) is 1. The second kappa shape index (κ2) is 7.04. The van der Waals surface area contributed by atoms with Gasteiger partial charge in [0.2, 0.25) is 5.91 Å². The largest absolute Gasteiger partial charge is 0.478 e. The summed E-state index contributed by atoms with van der Waals surface area (Å²) in [5.74, 6) is -1.69. The van der Waals surface area contributed by atoms with Crippen LogP contribution in [0.3, 0.4) is 0 Å². The zero-order valence-electron chi connectivity index (χ0n) is 13.3. The summed E-state index contributed by atoms with van der Waals surface area (Å²) in [6.45, 7) is 3.14. The van der Waals surface area contributed by atoms with Gasteiger partial charge in [0, 0.05) is 32.2 Å². The number of amides is 2. The van der Waals surface area contributed by atoms with E-state index in [0.29, 0.717) is 39.4 Å². The molecule has 130 valence electrons. The van der Waals surface area contributed by atoms with E-state index in [2.05, 4.69) is 0 Å². The zero-order chi connectivity index (χ0) is 17.1. The molecule has 2 saturated heterocycles. The van der Waals surface area contributed by atoms with Crippen LogP contribution < -0.4 is 0 Å². The number of carboxylic acid groups (broad SMARTS) is 1. The molecule has 1 N–H and O–H groups in total. The average Bonchev–Trinajstić information content (AvgIpc) is 3.12. The lowest BCUT2D eigenvalue weighted by Crippen LogP contribution is -2.49. The molecule has 0 radical (unpaired) electrons. The molecule has 2 amide bonds. The number of furan rings is 1. The smallest absolute Gasteiger partial charge is 0.338 e. The number of likely N-dealkylation sites (tertiary alicyclic amines) is 1. The maximum absolute atomic E-state index is 12.6. The first-order chi connectivity index (χ1) is 11.6. The first-order valence-electron chi connectivity index (χ1n) is 8.04. The second-order valence-corrected chi connectivity index (χ2v) is 6.03.